The molecule has 0 saturated carbocycles. The molecular weight excluding hydrogens is 812 g/mol. The topological polar surface area (TPSA) is 103 Å². The van der Waals surface area contributed by atoms with Gasteiger partial charge in [0.25, 0.3) is 0 Å². The minimum Gasteiger partial charge on any atom is -0.497 e. The Hall–Kier alpha value is -2.13. The van der Waals surface area contributed by atoms with Crippen molar-refractivity contribution in [2.24, 2.45) is 5.92 Å². The number of halogens is 1. The van der Waals surface area contributed by atoms with Gasteiger partial charge in [0.15, 0.2) is 19.9 Å². The molecule has 3 fully saturated rings. The molecule has 0 unspecified atom stereocenters. The molecule has 3 saturated heterocycles. The van der Waals surface area contributed by atoms with Crippen molar-refractivity contribution in [2.75, 3.05) is 27.9 Å². The predicted molar refractivity (Wildman–Crippen MR) is 243 cm³/mol. The van der Waals surface area contributed by atoms with Gasteiger partial charge in [0.1, 0.15) is 18.0 Å². The number of hydrogen-bond donors (Lipinski definition) is 1. The Labute approximate surface area is 372 Å². The number of benzene rings is 2. The quantitative estimate of drug-likeness (QED) is 0.0474. The number of rotatable bonds is 24. The summed E-state index contributed by atoms with van der Waals surface area (Å²) in [5, 5.41) is 11.2. The van der Waals surface area contributed by atoms with Gasteiger partial charge >= 0.3 is 0 Å². The molecule has 0 aliphatic carbocycles. The predicted octanol–water partition coefficient (Wildman–Crippen LogP) is 10.3. The van der Waals surface area contributed by atoms with Crippen LogP contribution in [0.2, 0.25) is 18.1 Å². The molecule has 12 heteroatoms. The van der Waals surface area contributed by atoms with E-state index in [0.717, 1.165) is 47.0 Å². The molecule has 0 amide bonds. The summed E-state index contributed by atoms with van der Waals surface area (Å²) in [6, 6.07) is 21.1. The molecule has 1 N–H and O–H groups in total. The third-order valence-corrected chi connectivity index (χ3v) is 18.7. The second-order valence-electron chi connectivity index (χ2n) is 17.4. The first-order valence-electron chi connectivity index (χ1n) is 22.7. The van der Waals surface area contributed by atoms with Crippen LogP contribution in [-0.4, -0.2) is 101 Å². The van der Waals surface area contributed by atoms with Crippen molar-refractivity contribution in [1.29, 1.82) is 0 Å². The van der Waals surface area contributed by atoms with E-state index in [1.165, 1.54) is 0 Å². The minimum atomic E-state index is -1.98. The van der Waals surface area contributed by atoms with Gasteiger partial charge in [-0.3, -0.25) is 0 Å². The molecule has 0 aromatic heterocycles. The summed E-state index contributed by atoms with van der Waals surface area (Å²) >= 11 is 7.18. The molecule has 11 atom stereocenters. The lowest BCUT2D eigenvalue weighted by molar-refractivity contribution is -0.413. The van der Waals surface area contributed by atoms with Gasteiger partial charge in [-0.2, -0.15) is 0 Å². The Bertz CT molecular complexity index is 1620. The Kier molecular flexibility index (Phi) is 19.4. The third kappa shape index (κ3) is 13.0. The zero-order valence-corrected chi connectivity index (χ0v) is 39.9. The lowest BCUT2D eigenvalue weighted by Gasteiger charge is -2.54. The summed E-state index contributed by atoms with van der Waals surface area (Å²) in [5.41, 5.74) is 3.10. The van der Waals surface area contributed by atoms with Gasteiger partial charge in [0, 0.05) is 46.0 Å². The first-order chi connectivity index (χ1) is 29.4. The van der Waals surface area contributed by atoms with Crippen molar-refractivity contribution in [1.82, 2.24) is 0 Å². The molecule has 10 nitrogen and oxygen atoms in total. The van der Waals surface area contributed by atoms with Crippen molar-refractivity contribution in [3.05, 3.63) is 90.0 Å². The third-order valence-electron chi connectivity index (χ3n) is 13.5. The second kappa shape index (κ2) is 23.7. The molecule has 3 heterocycles. The number of hydrogen-bond acceptors (Lipinski definition) is 10. The molecular formula is C49H75ClO10Si. The van der Waals surface area contributed by atoms with Crippen molar-refractivity contribution >= 4 is 19.9 Å². The van der Waals surface area contributed by atoms with Crippen LogP contribution in [0.1, 0.15) is 97.1 Å². The van der Waals surface area contributed by atoms with E-state index in [0.29, 0.717) is 64.8 Å². The van der Waals surface area contributed by atoms with Crippen LogP contribution in [0.3, 0.4) is 0 Å². The van der Waals surface area contributed by atoms with E-state index < -0.39 is 43.6 Å². The van der Waals surface area contributed by atoms with E-state index >= 15 is 0 Å². The molecule has 3 aliphatic heterocycles. The van der Waals surface area contributed by atoms with Gasteiger partial charge in [-0.25, -0.2) is 0 Å². The largest absolute Gasteiger partial charge is 0.497 e. The minimum absolute atomic E-state index is 0.102. The summed E-state index contributed by atoms with van der Waals surface area (Å²) in [5.74, 6) is -0.920. The molecule has 5 rings (SSSR count). The van der Waals surface area contributed by atoms with Crippen molar-refractivity contribution in [3.8, 4) is 5.75 Å². The second-order valence-corrected chi connectivity index (χ2v) is 22.6. The van der Waals surface area contributed by atoms with E-state index in [1.807, 2.05) is 55.5 Å². The van der Waals surface area contributed by atoms with Crippen LogP contribution in [0.25, 0.3) is 0 Å². The molecule has 342 valence electrons. The van der Waals surface area contributed by atoms with Gasteiger partial charge < -0.3 is 47.4 Å². The number of methoxy groups -OCH3 is 3. The van der Waals surface area contributed by atoms with Crippen molar-refractivity contribution < 1.29 is 47.4 Å². The highest BCUT2D eigenvalue weighted by molar-refractivity contribution is 6.73. The Balaban J connectivity index is 1.29. The lowest BCUT2D eigenvalue weighted by atomic mass is 9.82. The van der Waals surface area contributed by atoms with E-state index in [1.54, 1.807) is 27.4 Å². The van der Waals surface area contributed by atoms with Crippen LogP contribution < -0.4 is 4.74 Å². The molecule has 2 aromatic carbocycles. The SMILES string of the molecule is C=CC[C@H](OC)[C@H](OCc1ccc(OC)cc1)[C@@H](O)/C=C(\C)CC[C@H]1O[C@@]2(CC[C@H](C)[C@@]3(C[C@H](O[Si](CC)(CC)CC)[C@H](CCOCc4ccccc4)O3)O2)C[C@@H](OC)[C@@H]1Cl. The maximum atomic E-state index is 11.6. The molecule has 61 heavy (non-hydrogen) atoms. The van der Waals surface area contributed by atoms with Gasteiger partial charge in [0.2, 0.25) is 0 Å². The fourth-order valence-electron chi connectivity index (χ4n) is 9.36. The molecule has 2 aromatic rings. The molecule has 0 radical (unpaired) electrons. The average molecular weight is 888 g/mol. The number of aliphatic hydroxyl groups is 1. The first-order valence-corrected chi connectivity index (χ1v) is 25.6. The van der Waals surface area contributed by atoms with Crippen LogP contribution >= 0.6 is 11.6 Å². The number of ether oxygens (including phenoxy) is 8. The first kappa shape index (κ1) is 49.9. The highest BCUT2D eigenvalue weighted by atomic mass is 35.5. The standard InChI is InChI=1S/C49H75ClO10Si/c1-10-17-43(53-8)47(56-34-38-21-23-39(52-7)24-22-38)40(51)30-35(5)20-25-42-46(50)45(54-9)31-48(57-42)28-26-36(6)49(60-48)32-44(59-61(11-2,12-3)13-4)41(58-49)27-29-55-33-37-18-15-14-16-19-37/h10,14-16,18-19,21-24,30,36,40-47,51H,1,11-13,17,20,25-29,31-34H2,2-9H3/b35-30+/t36-,40-,41-,42+,43-,44-,45+,46+,47+,48+,49+/m0/s1. The number of aliphatic hydroxyl groups excluding tert-OH is 1. The van der Waals surface area contributed by atoms with Gasteiger partial charge in [-0.15, -0.1) is 18.2 Å². The van der Waals surface area contributed by atoms with E-state index in [9.17, 15) is 5.11 Å². The van der Waals surface area contributed by atoms with Crippen LogP contribution in [0.4, 0.5) is 0 Å². The Morgan fingerprint density at radius 2 is 1.64 bits per heavy atom. The van der Waals surface area contributed by atoms with Crippen LogP contribution in [-0.2, 0) is 50.8 Å². The fraction of sp³-hybridized carbons (Fsp3) is 0.673. The highest BCUT2D eigenvalue weighted by Gasteiger charge is 2.61. The summed E-state index contributed by atoms with van der Waals surface area (Å²) < 4.78 is 58.4. The van der Waals surface area contributed by atoms with E-state index in [-0.39, 0.29) is 30.3 Å². The summed E-state index contributed by atoms with van der Waals surface area (Å²) in [6.45, 7) is 16.4. The van der Waals surface area contributed by atoms with Gasteiger partial charge in [-0.05, 0) is 80.4 Å². The van der Waals surface area contributed by atoms with Gasteiger partial charge in [-0.1, -0.05) is 87.9 Å². The number of alkyl halides is 1. The smallest absolute Gasteiger partial charge is 0.192 e. The Morgan fingerprint density at radius 1 is 0.934 bits per heavy atom. The van der Waals surface area contributed by atoms with Crippen LogP contribution in [0, 0.1) is 5.92 Å². The highest BCUT2D eigenvalue weighted by Crippen LogP contribution is 2.53. The van der Waals surface area contributed by atoms with E-state index in [2.05, 4.69) is 46.4 Å². The van der Waals surface area contributed by atoms with Crippen LogP contribution in [0.15, 0.2) is 78.9 Å². The zero-order chi connectivity index (χ0) is 44.0. The maximum Gasteiger partial charge on any atom is 0.192 e. The van der Waals surface area contributed by atoms with E-state index in [4.69, 9.17) is 53.9 Å². The van der Waals surface area contributed by atoms with Crippen molar-refractivity contribution in [2.45, 2.75) is 177 Å². The lowest BCUT2D eigenvalue weighted by Crippen LogP contribution is -2.61. The monoisotopic (exact) mass is 886 g/mol. The molecule has 2 spiro atoms. The fourth-order valence-corrected chi connectivity index (χ4v) is 12.6. The number of allylic oxidation sites excluding steroid dienone is 1. The molecule has 0 bridgehead atoms. The summed E-state index contributed by atoms with van der Waals surface area (Å²) in [6.07, 6.45) is 5.98. The van der Waals surface area contributed by atoms with Crippen LogP contribution in [0.5, 0.6) is 5.75 Å². The summed E-state index contributed by atoms with van der Waals surface area (Å²) in [4.78, 5) is 0. The van der Waals surface area contributed by atoms with Gasteiger partial charge in [0.05, 0.1) is 56.2 Å². The zero-order valence-electron chi connectivity index (χ0n) is 38.2. The summed E-state index contributed by atoms with van der Waals surface area (Å²) in [7, 11) is 3.00. The Morgan fingerprint density at radius 3 is 2.28 bits per heavy atom. The average Bonchev–Trinajstić information content (AvgIpc) is 3.62. The molecule has 3 aliphatic rings. The van der Waals surface area contributed by atoms with Crippen molar-refractivity contribution in [3.63, 3.8) is 0 Å². The normalized spacial score (nSPS) is 29.8. The maximum absolute atomic E-state index is 11.6.